The normalized spacial score (nSPS) is 22.1. The number of benzene rings is 2. The first-order valence-corrected chi connectivity index (χ1v) is 26.1. The van der Waals surface area contributed by atoms with Crippen LogP contribution in [0.1, 0.15) is 62.3 Å². The molecule has 0 bridgehead atoms. The van der Waals surface area contributed by atoms with E-state index >= 15 is 0 Å². The largest absolute Gasteiger partial charge is 0.393 e. The molecular formula is C50H56N14O4S2. The highest BCUT2D eigenvalue weighted by molar-refractivity contribution is 7.19. The van der Waals surface area contributed by atoms with Crippen LogP contribution in [0.25, 0.3) is 31.8 Å². The topological polar surface area (TPSA) is 201 Å². The fourth-order valence-corrected chi connectivity index (χ4v) is 11.8. The van der Waals surface area contributed by atoms with Crippen LogP contribution in [-0.4, -0.2) is 120 Å². The molecular weight excluding hydrogens is 925 g/mol. The molecule has 2 saturated carbocycles. The quantitative estimate of drug-likeness (QED) is 0.0643. The maximum Gasteiger partial charge on any atom is 0.229 e. The van der Waals surface area contributed by atoms with E-state index in [0.717, 1.165) is 155 Å². The number of hydrogen-bond donors (Lipinski definition) is 6. The van der Waals surface area contributed by atoms with Gasteiger partial charge in [0.15, 0.2) is 0 Å². The fourth-order valence-electron chi connectivity index (χ4n) is 9.95. The summed E-state index contributed by atoms with van der Waals surface area (Å²) in [6, 6.07) is 21.5. The van der Waals surface area contributed by atoms with E-state index in [0.29, 0.717) is 25.0 Å². The van der Waals surface area contributed by atoms with Crippen LogP contribution in [0.3, 0.4) is 0 Å². The summed E-state index contributed by atoms with van der Waals surface area (Å²) < 4.78 is 17.8. The van der Waals surface area contributed by atoms with E-state index in [2.05, 4.69) is 90.8 Å². The van der Waals surface area contributed by atoms with Crippen LogP contribution in [0, 0.1) is 0 Å². The molecule has 12 rings (SSSR count). The van der Waals surface area contributed by atoms with Crippen LogP contribution >= 0.6 is 22.7 Å². The molecule has 0 spiro atoms. The van der Waals surface area contributed by atoms with Crippen molar-refractivity contribution in [3.05, 3.63) is 95.7 Å². The summed E-state index contributed by atoms with van der Waals surface area (Å²) in [7, 11) is 0. The van der Waals surface area contributed by atoms with E-state index in [1.54, 1.807) is 35.1 Å². The third kappa shape index (κ3) is 9.84. The third-order valence-corrected chi connectivity index (χ3v) is 15.9. The van der Waals surface area contributed by atoms with Crippen LogP contribution < -0.4 is 31.1 Å². The van der Waals surface area contributed by atoms with Gasteiger partial charge in [-0.2, -0.15) is 20.2 Å². The molecule has 2 aromatic carbocycles. The van der Waals surface area contributed by atoms with E-state index in [1.807, 2.05) is 33.2 Å². The van der Waals surface area contributed by atoms with Crippen molar-refractivity contribution in [1.82, 2.24) is 39.5 Å². The number of fused-ring (bicyclic) bond motifs is 2. The standard InChI is InChI=1S/C50H56N14O4S2/c65-39-12-4-31(5-13-39)53-47-45-41(16-23-69-45)57-49(59-47)55-33-26-51-63(28-33)36-10-8-35(9-11-36)62-19-22-68-43(30-62)44-25-42-46(70-44)48(54-32-6-14-40(66)15-7-32)60-50(58-42)56-34-27-52-64(29-34)38-3-1-2-37(24-38)61-17-20-67-21-18-61/h1-3,8-11,16,23-29,31-32,39-40,43,65-66H,4-7,12-15,17-22,30H2,(H2,53,55,57,59)(H2,54,56,58,60)/t31-,32-,39-,40-,43?. The molecule has 4 fully saturated rings. The number of nitrogens with one attached hydrogen (secondary N) is 4. The van der Waals surface area contributed by atoms with Gasteiger partial charge < -0.3 is 50.8 Å². The highest BCUT2D eigenvalue weighted by atomic mass is 32.1. The number of ether oxygens (including phenoxy) is 2. The average molecular weight is 981 g/mol. The van der Waals surface area contributed by atoms with Crippen molar-refractivity contribution in [2.24, 2.45) is 0 Å². The van der Waals surface area contributed by atoms with Gasteiger partial charge in [-0.25, -0.2) is 19.3 Å². The SMILES string of the molecule is O[C@H]1CC[C@H](Nc2nc(Nc3cnn(-c4ccc(N5CCOC(c6cc7nc(Nc8cnn(-c9cccc(N%10CCOCC%10)c9)c8)nc(N[C@H]8CC[C@H](O)CC8)c7s6)C5)cc4)c3)nc3ccsc23)CC1. The Morgan fingerprint density at radius 3 is 1.87 bits per heavy atom. The molecule has 20 heteroatoms. The van der Waals surface area contributed by atoms with E-state index in [1.165, 1.54) is 0 Å². The second-order valence-electron chi connectivity index (χ2n) is 18.6. The second kappa shape index (κ2) is 19.8. The van der Waals surface area contributed by atoms with Crippen LogP contribution in [0.2, 0.25) is 0 Å². The highest BCUT2D eigenvalue weighted by Gasteiger charge is 2.28. The lowest BCUT2D eigenvalue weighted by Crippen LogP contribution is -2.38. The van der Waals surface area contributed by atoms with Gasteiger partial charge in [0.2, 0.25) is 11.9 Å². The summed E-state index contributed by atoms with van der Waals surface area (Å²) in [5, 5.41) is 45.9. The Hall–Kier alpha value is -6.42. The third-order valence-electron chi connectivity index (χ3n) is 13.8. The molecule has 6 N–H and O–H groups in total. The molecule has 0 radical (unpaired) electrons. The Morgan fingerprint density at radius 1 is 0.586 bits per heavy atom. The monoisotopic (exact) mass is 980 g/mol. The lowest BCUT2D eigenvalue weighted by atomic mass is 9.93. The molecule has 70 heavy (non-hydrogen) atoms. The number of aliphatic hydroxyl groups is 2. The molecule has 6 aromatic heterocycles. The first kappa shape index (κ1) is 44.8. The van der Waals surface area contributed by atoms with Crippen molar-refractivity contribution >= 4 is 89.4 Å². The van der Waals surface area contributed by atoms with Gasteiger partial charge in [-0.3, -0.25) is 0 Å². The molecule has 8 aromatic rings. The number of aliphatic hydroxyl groups excluding tert-OH is 2. The van der Waals surface area contributed by atoms with Crippen molar-refractivity contribution in [1.29, 1.82) is 0 Å². The molecule has 2 aliphatic heterocycles. The summed E-state index contributed by atoms with van der Waals surface area (Å²) in [5.41, 5.74) is 7.45. The lowest BCUT2D eigenvalue weighted by Gasteiger charge is -2.34. The minimum absolute atomic E-state index is 0.158. The highest BCUT2D eigenvalue weighted by Crippen LogP contribution is 2.39. The molecule has 1 atom stereocenters. The van der Waals surface area contributed by atoms with Crippen molar-refractivity contribution < 1.29 is 19.7 Å². The molecule has 8 heterocycles. The Balaban J connectivity index is 0.735. The molecule has 1 unspecified atom stereocenters. The zero-order valence-electron chi connectivity index (χ0n) is 38.7. The van der Waals surface area contributed by atoms with Gasteiger partial charge in [-0.05, 0) is 111 Å². The maximum atomic E-state index is 10.3. The van der Waals surface area contributed by atoms with Gasteiger partial charge in [-0.1, -0.05) is 6.07 Å². The number of morpholine rings is 2. The molecule has 18 nitrogen and oxygen atoms in total. The van der Waals surface area contributed by atoms with Crippen LogP contribution in [0.5, 0.6) is 0 Å². The van der Waals surface area contributed by atoms with Gasteiger partial charge in [0, 0.05) is 54.5 Å². The van der Waals surface area contributed by atoms with Crippen molar-refractivity contribution in [2.75, 3.05) is 77.1 Å². The number of anilines is 8. The van der Waals surface area contributed by atoms with Gasteiger partial charge in [0.25, 0.3) is 0 Å². The van der Waals surface area contributed by atoms with Crippen molar-refractivity contribution in [3.63, 3.8) is 0 Å². The van der Waals surface area contributed by atoms with Gasteiger partial charge in [-0.15, -0.1) is 22.7 Å². The van der Waals surface area contributed by atoms with Gasteiger partial charge in [0.1, 0.15) is 17.7 Å². The summed E-state index contributed by atoms with van der Waals surface area (Å²) in [5.74, 6) is 2.59. The molecule has 2 aliphatic carbocycles. The van der Waals surface area contributed by atoms with E-state index in [9.17, 15) is 10.2 Å². The predicted molar refractivity (Wildman–Crippen MR) is 276 cm³/mol. The van der Waals surface area contributed by atoms with Crippen molar-refractivity contribution in [3.8, 4) is 11.4 Å². The summed E-state index contributed by atoms with van der Waals surface area (Å²) in [6.45, 7) is 5.23. The average Bonchev–Trinajstić information content (AvgIpc) is 4.25. The molecule has 4 aliphatic rings. The molecule has 362 valence electrons. The van der Waals surface area contributed by atoms with Gasteiger partial charge in [0.05, 0.1) is 100.0 Å². The lowest BCUT2D eigenvalue weighted by molar-refractivity contribution is 0.0422. The van der Waals surface area contributed by atoms with Crippen molar-refractivity contribution in [2.45, 2.75) is 81.8 Å². The van der Waals surface area contributed by atoms with E-state index in [4.69, 9.17) is 34.5 Å². The summed E-state index contributed by atoms with van der Waals surface area (Å²) in [4.78, 5) is 25.6. The maximum absolute atomic E-state index is 10.3. The Labute approximate surface area is 412 Å². The Morgan fingerprint density at radius 2 is 1.19 bits per heavy atom. The number of rotatable bonds is 13. The number of aromatic nitrogens is 8. The minimum Gasteiger partial charge on any atom is -0.393 e. The first-order valence-electron chi connectivity index (χ1n) is 24.4. The zero-order chi connectivity index (χ0) is 47.0. The predicted octanol–water partition coefficient (Wildman–Crippen LogP) is 8.40. The minimum atomic E-state index is -0.251. The Kier molecular flexibility index (Phi) is 12.6. The smallest absolute Gasteiger partial charge is 0.229 e. The fraction of sp³-hybridized carbons (Fsp3) is 0.400. The number of nitrogens with zero attached hydrogens (tertiary/aromatic N) is 10. The number of hydrogen-bond acceptors (Lipinski definition) is 18. The van der Waals surface area contributed by atoms with E-state index < -0.39 is 0 Å². The second-order valence-corrected chi connectivity index (χ2v) is 20.6. The van der Waals surface area contributed by atoms with Crippen LogP contribution in [-0.2, 0) is 9.47 Å². The van der Waals surface area contributed by atoms with E-state index in [-0.39, 0.29) is 30.4 Å². The zero-order valence-corrected chi connectivity index (χ0v) is 40.3. The van der Waals surface area contributed by atoms with Crippen LogP contribution in [0.4, 0.5) is 46.3 Å². The van der Waals surface area contributed by atoms with Gasteiger partial charge >= 0.3 is 0 Å². The van der Waals surface area contributed by atoms with Crippen LogP contribution in [0.15, 0.2) is 90.8 Å². The first-order chi connectivity index (χ1) is 34.4. The summed E-state index contributed by atoms with van der Waals surface area (Å²) >= 11 is 3.30. The summed E-state index contributed by atoms with van der Waals surface area (Å²) in [6.07, 6.45) is 13.6. The Bertz CT molecular complexity index is 3060. The molecule has 0 amide bonds. The molecule has 2 saturated heterocycles. The number of thiophene rings is 2.